The number of amides is 2. The van der Waals surface area contributed by atoms with Crippen LogP contribution in [-0.2, 0) is 6.18 Å². The van der Waals surface area contributed by atoms with Crippen molar-refractivity contribution < 1.29 is 22.8 Å². The van der Waals surface area contributed by atoms with Crippen molar-refractivity contribution in [2.24, 2.45) is 0 Å². The average molecular weight is 424 g/mol. The number of nitrogens with one attached hydrogen (secondary N) is 1. The fourth-order valence-electron chi connectivity index (χ4n) is 3.04. The molecule has 148 valence electrons. The van der Waals surface area contributed by atoms with Crippen LogP contribution in [0.25, 0.3) is 11.4 Å². The summed E-state index contributed by atoms with van der Waals surface area (Å²) in [5, 5.41) is 5.48. The summed E-state index contributed by atoms with van der Waals surface area (Å²) < 4.78 is 40.6. The highest BCUT2D eigenvalue weighted by Crippen LogP contribution is 2.32. The number of hydrogen-bond acceptors (Lipinski definition) is 5. The molecule has 2 aromatic heterocycles. The molecule has 0 spiro atoms. The van der Waals surface area contributed by atoms with E-state index in [2.05, 4.69) is 5.10 Å². The molecule has 1 aliphatic rings. The SMILES string of the molecule is Nc1c2c(cc(=O)n1-c1cccc(Cl)c1-n1ccc(C(F)(F)F)n1)C(=O)NC2=O. The topological polar surface area (TPSA) is 112 Å². The number of para-hydroxylation sites is 1. The second-order valence-corrected chi connectivity index (χ2v) is 6.43. The number of anilines is 1. The summed E-state index contributed by atoms with van der Waals surface area (Å²) in [7, 11) is 0. The van der Waals surface area contributed by atoms with E-state index in [9.17, 15) is 27.6 Å². The first-order valence-corrected chi connectivity index (χ1v) is 8.30. The molecule has 0 saturated carbocycles. The van der Waals surface area contributed by atoms with Crippen molar-refractivity contribution in [3.63, 3.8) is 0 Å². The normalized spacial score (nSPS) is 13.5. The van der Waals surface area contributed by atoms with E-state index in [4.69, 9.17) is 17.3 Å². The van der Waals surface area contributed by atoms with Gasteiger partial charge in [0.15, 0.2) is 5.69 Å². The number of nitrogen functional groups attached to an aromatic ring is 1. The Morgan fingerprint density at radius 3 is 2.48 bits per heavy atom. The maximum Gasteiger partial charge on any atom is 0.435 e. The Kier molecular flexibility index (Phi) is 4.01. The van der Waals surface area contributed by atoms with Gasteiger partial charge in [0.1, 0.15) is 11.5 Å². The molecule has 12 heteroatoms. The lowest BCUT2D eigenvalue weighted by molar-refractivity contribution is -0.141. The zero-order chi connectivity index (χ0) is 21.1. The van der Waals surface area contributed by atoms with Crippen LogP contribution in [0.2, 0.25) is 5.02 Å². The number of hydrogen-bond donors (Lipinski definition) is 2. The van der Waals surface area contributed by atoms with Crippen LogP contribution in [0.15, 0.2) is 41.3 Å². The predicted octanol–water partition coefficient (Wildman–Crippen LogP) is 2.16. The lowest BCUT2D eigenvalue weighted by Crippen LogP contribution is -2.25. The monoisotopic (exact) mass is 423 g/mol. The fraction of sp³-hybridized carbons (Fsp3) is 0.0588. The molecule has 0 saturated heterocycles. The predicted molar refractivity (Wildman–Crippen MR) is 95.4 cm³/mol. The van der Waals surface area contributed by atoms with Crippen molar-refractivity contribution in [1.29, 1.82) is 0 Å². The lowest BCUT2D eigenvalue weighted by atomic mass is 10.1. The van der Waals surface area contributed by atoms with E-state index in [0.29, 0.717) is 0 Å². The highest BCUT2D eigenvalue weighted by Gasteiger charge is 2.35. The Morgan fingerprint density at radius 2 is 1.83 bits per heavy atom. The molecule has 4 rings (SSSR count). The first kappa shape index (κ1) is 18.7. The van der Waals surface area contributed by atoms with Crippen LogP contribution in [0, 0.1) is 0 Å². The van der Waals surface area contributed by atoms with Gasteiger partial charge in [0.25, 0.3) is 17.4 Å². The zero-order valence-corrected chi connectivity index (χ0v) is 14.9. The summed E-state index contributed by atoms with van der Waals surface area (Å²) in [6.07, 6.45) is -3.66. The fourth-order valence-corrected chi connectivity index (χ4v) is 3.29. The Morgan fingerprint density at radius 1 is 1.10 bits per heavy atom. The Hall–Kier alpha value is -3.60. The minimum Gasteiger partial charge on any atom is -0.384 e. The third-order valence-electron chi connectivity index (χ3n) is 4.27. The smallest absolute Gasteiger partial charge is 0.384 e. The second kappa shape index (κ2) is 6.21. The van der Waals surface area contributed by atoms with Crippen LogP contribution in [0.4, 0.5) is 19.0 Å². The van der Waals surface area contributed by atoms with Crippen molar-refractivity contribution in [2.45, 2.75) is 6.18 Å². The summed E-state index contributed by atoms with van der Waals surface area (Å²) in [5.41, 5.74) is 3.56. The molecule has 3 N–H and O–H groups in total. The van der Waals surface area contributed by atoms with Gasteiger partial charge in [-0.3, -0.25) is 24.3 Å². The van der Waals surface area contributed by atoms with Gasteiger partial charge in [-0.25, -0.2) is 4.68 Å². The van der Waals surface area contributed by atoms with Gasteiger partial charge in [0.05, 0.1) is 21.8 Å². The number of benzene rings is 1. The standard InChI is InChI=1S/C17H9ClF3N5O3/c18-8-2-1-3-9(13(8)25-5-4-10(24-25)17(19,20)21)26-11(27)6-7-12(14(26)22)16(29)23-15(7)28/h1-6H,22H2,(H,23,28,29). The van der Waals surface area contributed by atoms with Crippen LogP contribution in [0.3, 0.4) is 0 Å². The largest absolute Gasteiger partial charge is 0.435 e. The number of rotatable bonds is 2. The maximum absolute atomic E-state index is 12.9. The molecule has 2 amide bonds. The number of nitrogens with two attached hydrogens (primary N) is 1. The van der Waals surface area contributed by atoms with E-state index < -0.39 is 29.2 Å². The molecular formula is C17H9ClF3N5O3. The molecular weight excluding hydrogens is 415 g/mol. The van der Waals surface area contributed by atoms with Crippen LogP contribution < -0.4 is 16.6 Å². The Bertz CT molecular complexity index is 1260. The molecule has 0 bridgehead atoms. The van der Waals surface area contributed by atoms with E-state index in [1.54, 1.807) is 0 Å². The van der Waals surface area contributed by atoms with Gasteiger partial charge in [-0.15, -0.1) is 0 Å². The number of nitrogens with zero attached hydrogens (tertiary/aromatic N) is 3. The highest BCUT2D eigenvalue weighted by molar-refractivity contribution is 6.32. The van der Waals surface area contributed by atoms with Crippen LogP contribution in [-0.4, -0.2) is 26.2 Å². The molecule has 1 aliphatic heterocycles. The maximum atomic E-state index is 12.9. The number of aromatic nitrogens is 3. The first-order chi connectivity index (χ1) is 13.6. The summed E-state index contributed by atoms with van der Waals surface area (Å²) in [5.74, 6) is -1.92. The quantitative estimate of drug-likeness (QED) is 0.613. The van der Waals surface area contributed by atoms with Crippen LogP contribution >= 0.6 is 11.6 Å². The number of alkyl halides is 3. The van der Waals surface area contributed by atoms with E-state index >= 15 is 0 Å². The molecule has 8 nitrogen and oxygen atoms in total. The molecule has 0 unspecified atom stereocenters. The van der Waals surface area contributed by atoms with Crippen LogP contribution in [0.1, 0.15) is 26.4 Å². The first-order valence-electron chi connectivity index (χ1n) is 7.93. The van der Waals surface area contributed by atoms with Gasteiger partial charge in [0, 0.05) is 12.3 Å². The van der Waals surface area contributed by atoms with Gasteiger partial charge in [0.2, 0.25) is 0 Å². The third-order valence-corrected chi connectivity index (χ3v) is 4.57. The number of halogens is 4. The van der Waals surface area contributed by atoms with Crippen LogP contribution in [0.5, 0.6) is 0 Å². The zero-order valence-electron chi connectivity index (χ0n) is 14.1. The van der Waals surface area contributed by atoms with Crippen molar-refractivity contribution in [3.05, 3.63) is 68.7 Å². The molecule has 0 fully saturated rings. The van der Waals surface area contributed by atoms with Crippen molar-refractivity contribution in [3.8, 4) is 11.4 Å². The number of imide groups is 1. The molecule has 0 radical (unpaired) electrons. The van der Waals surface area contributed by atoms with E-state index in [0.717, 1.165) is 27.6 Å². The molecule has 3 heterocycles. The van der Waals surface area contributed by atoms with Gasteiger partial charge >= 0.3 is 6.18 Å². The number of pyridine rings is 1. The summed E-state index contributed by atoms with van der Waals surface area (Å²) in [6, 6.07) is 5.86. The van der Waals surface area contributed by atoms with Gasteiger partial charge in [-0.2, -0.15) is 18.3 Å². The van der Waals surface area contributed by atoms with E-state index in [1.807, 2.05) is 5.32 Å². The Labute approximate surface area is 164 Å². The van der Waals surface area contributed by atoms with Gasteiger partial charge in [-0.05, 0) is 18.2 Å². The molecule has 0 atom stereocenters. The molecule has 29 heavy (non-hydrogen) atoms. The highest BCUT2D eigenvalue weighted by atomic mass is 35.5. The lowest BCUT2D eigenvalue weighted by Gasteiger charge is -2.17. The average Bonchev–Trinajstić information content (AvgIpc) is 3.20. The van der Waals surface area contributed by atoms with E-state index in [1.165, 1.54) is 18.2 Å². The summed E-state index contributed by atoms with van der Waals surface area (Å²) in [6.45, 7) is 0. The van der Waals surface area contributed by atoms with E-state index in [-0.39, 0.29) is 33.3 Å². The minimum absolute atomic E-state index is 0.0215. The minimum atomic E-state index is -4.69. The second-order valence-electron chi connectivity index (χ2n) is 6.03. The van der Waals surface area contributed by atoms with Gasteiger partial charge in [-0.1, -0.05) is 17.7 Å². The third kappa shape index (κ3) is 2.86. The van der Waals surface area contributed by atoms with Gasteiger partial charge < -0.3 is 5.73 Å². The van der Waals surface area contributed by atoms with Crippen molar-refractivity contribution in [1.82, 2.24) is 19.7 Å². The Balaban J connectivity index is 2.00. The molecule has 0 aliphatic carbocycles. The summed E-state index contributed by atoms with van der Waals surface area (Å²) in [4.78, 5) is 36.5. The number of fused-ring (bicyclic) bond motifs is 1. The molecule has 1 aromatic carbocycles. The number of carbonyl (C=O) groups is 2. The number of carbonyl (C=O) groups excluding carboxylic acids is 2. The molecule has 3 aromatic rings. The summed E-state index contributed by atoms with van der Waals surface area (Å²) >= 11 is 6.18. The van der Waals surface area contributed by atoms with Crippen molar-refractivity contribution >= 4 is 29.2 Å². The van der Waals surface area contributed by atoms with Crippen molar-refractivity contribution in [2.75, 3.05) is 5.73 Å².